The Morgan fingerprint density at radius 1 is 1.20 bits per heavy atom. The van der Waals surface area contributed by atoms with Crippen molar-refractivity contribution in [1.82, 2.24) is 4.98 Å². The molecule has 2 bridgehead atoms. The Hall–Kier alpha value is -2.66. The van der Waals surface area contributed by atoms with E-state index in [0.717, 1.165) is 5.57 Å². The van der Waals surface area contributed by atoms with Crippen LogP contribution in [0.5, 0.6) is 0 Å². The number of hydrogen-bond acceptors (Lipinski definition) is 9. The summed E-state index contributed by atoms with van der Waals surface area (Å²) >= 11 is 5.74. The topological polar surface area (TPSA) is 133 Å². The molecule has 0 aromatic carbocycles. The van der Waals surface area contributed by atoms with Crippen LogP contribution < -0.4 is 0 Å². The van der Waals surface area contributed by atoms with Crippen molar-refractivity contribution < 1.29 is 43.2 Å². The van der Waals surface area contributed by atoms with Gasteiger partial charge in [-0.1, -0.05) is 32.1 Å². The highest BCUT2D eigenvalue weighted by atomic mass is 35.5. The van der Waals surface area contributed by atoms with Crippen LogP contribution in [0.25, 0.3) is 0 Å². The second-order valence-electron chi connectivity index (χ2n) is 12.4. The number of fused-ring (bicyclic) bond motifs is 1. The molecule has 11 heteroatoms. The molecular formula is C33H46ClNO9. The highest BCUT2D eigenvalue weighted by molar-refractivity contribution is 6.17. The average Bonchev–Trinajstić information content (AvgIpc) is 3.63. The van der Waals surface area contributed by atoms with Crippen LogP contribution in [0.15, 0.2) is 42.1 Å². The van der Waals surface area contributed by atoms with E-state index >= 15 is 0 Å². The van der Waals surface area contributed by atoms with Crippen LogP contribution in [0.2, 0.25) is 0 Å². The predicted octanol–water partition coefficient (Wildman–Crippen LogP) is 4.75. The van der Waals surface area contributed by atoms with Crippen molar-refractivity contribution in [2.24, 2.45) is 23.7 Å². The van der Waals surface area contributed by atoms with Gasteiger partial charge in [0.2, 0.25) is 0 Å². The number of esters is 3. The fourth-order valence-corrected chi connectivity index (χ4v) is 6.88. The number of hydrogen-bond donors (Lipinski definition) is 2. The summed E-state index contributed by atoms with van der Waals surface area (Å²) in [7, 11) is 1.47. The van der Waals surface area contributed by atoms with E-state index in [9.17, 15) is 19.5 Å². The lowest BCUT2D eigenvalue weighted by molar-refractivity contribution is -0.179. The molecule has 4 rings (SSSR count). The van der Waals surface area contributed by atoms with Crippen LogP contribution in [0.1, 0.15) is 70.8 Å². The molecule has 10 nitrogen and oxygen atoms in total. The largest absolute Gasteiger partial charge is 0.459 e. The van der Waals surface area contributed by atoms with Gasteiger partial charge in [0.25, 0.3) is 0 Å². The van der Waals surface area contributed by atoms with E-state index in [1.165, 1.54) is 7.11 Å². The first kappa shape index (κ1) is 34.2. The maximum absolute atomic E-state index is 13.4. The Balaban J connectivity index is 1.68. The first-order valence-corrected chi connectivity index (χ1v) is 16.0. The number of halogens is 1. The van der Waals surface area contributed by atoms with E-state index < -0.39 is 66.1 Å². The Bertz CT molecular complexity index is 1210. The molecule has 1 aromatic heterocycles. The summed E-state index contributed by atoms with van der Waals surface area (Å²) in [5.41, 5.74) is 0.422. The van der Waals surface area contributed by atoms with Crippen molar-refractivity contribution >= 4 is 29.5 Å². The van der Waals surface area contributed by atoms with Crippen LogP contribution in [0.4, 0.5) is 0 Å². The van der Waals surface area contributed by atoms with Gasteiger partial charge in [0.1, 0.15) is 30.1 Å². The van der Waals surface area contributed by atoms with Crippen LogP contribution in [-0.4, -0.2) is 83.2 Å². The molecule has 3 heterocycles. The van der Waals surface area contributed by atoms with Crippen molar-refractivity contribution in [3.05, 3.63) is 47.8 Å². The van der Waals surface area contributed by atoms with Gasteiger partial charge < -0.3 is 33.8 Å². The second kappa shape index (κ2) is 14.6. The number of rotatable bonds is 11. The molecule has 1 fully saturated rings. The number of aliphatic hydroxyl groups excluding tert-OH is 1. The molecule has 2 N–H and O–H groups in total. The fraction of sp³-hybridized carbons (Fsp3) is 0.667. The normalized spacial score (nSPS) is 34.0. The minimum atomic E-state index is -0.890. The SMILES string of the molecule is CO[C@H]1C[C@H]2C=C[C@@H]3C[C@]2(O[C@H]3[C@H](OC(=O)c2ccc[nH]2)[C@H](C)[C@H](C)O)/C(C)=C/[C@@H](C)[C@@H]([C@@H](C)OC(=O)CCCCl)OC1=O. The maximum Gasteiger partial charge on any atom is 0.355 e. The van der Waals surface area contributed by atoms with E-state index in [2.05, 4.69) is 17.1 Å². The third kappa shape index (κ3) is 7.25. The number of methoxy groups -OCH3 is 1. The summed E-state index contributed by atoms with van der Waals surface area (Å²) in [4.78, 5) is 41.8. The molecule has 3 aliphatic rings. The number of cyclic esters (lactones) is 1. The molecule has 1 saturated heterocycles. The van der Waals surface area contributed by atoms with Gasteiger partial charge in [-0.05, 0) is 57.7 Å². The van der Waals surface area contributed by atoms with Crippen molar-refractivity contribution in [3.8, 4) is 0 Å². The average molecular weight is 636 g/mol. The van der Waals surface area contributed by atoms with Crippen molar-refractivity contribution in [3.63, 3.8) is 0 Å². The van der Waals surface area contributed by atoms with Crippen LogP contribution in [0, 0.1) is 23.7 Å². The monoisotopic (exact) mass is 635 g/mol. The molecule has 1 aliphatic carbocycles. The third-order valence-corrected chi connectivity index (χ3v) is 9.69. The number of aromatic amines is 1. The quantitative estimate of drug-likeness (QED) is 0.153. The van der Waals surface area contributed by atoms with Gasteiger partial charge in [-0.2, -0.15) is 0 Å². The van der Waals surface area contributed by atoms with Gasteiger partial charge in [0, 0.05) is 49.3 Å². The first-order chi connectivity index (χ1) is 20.9. The van der Waals surface area contributed by atoms with E-state index in [4.69, 9.17) is 35.3 Å². The molecule has 1 aromatic rings. The summed E-state index contributed by atoms with van der Waals surface area (Å²) in [6, 6.07) is 3.36. The highest BCUT2D eigenvalue weighted by Crippen LogP contribution is 2.53. The molecule has 1 spiro atoms. The number of H-pyrrole nitrogens is 1. The molecule has 0 radical (unpaired) electrons. The number of nitrogens with one attached hydrogen (secondary N) is 1. The number of aliphatic hydroxyl groups is 1. The van der Waals surface area contributed by atoms with Gasteiger partial charge in [-0.3, -0.25) is 4.79 Å². The summed E-state index contributed by atoms with van der Waals surface area (Å²) in [6.45, 7) is 9.15. The zero-order valence-corrected chi connectivity index (χ0v) is 27.1. The lowest BCUT2D eigenvalue weighted by atomic mass is 9.69. The Kier molecular flexibility index (Phi) is 11.4. The molecule has 2 aliphatic heterocycles. The van der Waals surface area contributed by atoms with Crippen molar-refractivity contribution in [2.45, 2.75) is 103 Å². The van der Waals surface area contributed by atoms with Crippen LogP contribution in [0.3, 0.4) is 0 Å². The van der Waals surface area contributed by atoms with Gasteiger partial charge in [-0.15, -0.1) is 11.6 Å². The number of aromatic nitrogens is 1. The Morgan fingerprint density at radius 3 is 2.59 bits per heavy atom. The smallest absolute Gasteiger partial charge is 0.355 e. The third-order valence-electron chi connectivity index (χ3n) is 9.42. The van der Waals surface area contributed by atoms with Crippen molar-refractivity contribution in [2.75, 3.05) is 13.0 Å². The van der Waals surface area contributed by atoms with Gasteiger partial charge >= 0.3 is 17.9 Å². The number of carbonyl (C=O) groups excluding carboxylic acids is 3. The zero-order valence-electron chi connectivity index (χ0n) is 26.4. The van der Waals surface area contributed by atoms with E-state index in [1.807, 2.05) is 26.8 Å². The van der Waals surface area contributed by atoms with Crippen LogP contribution in [-0.2, 0) is 33.3 Å². The Morgan fingerprint density at radius 2 is 1.95 bits per heavy atom. The molecule has 44 heavy (non-hydrogen) atoms. The zero-order chi connectivity index (χ0) is 32.2. The maximum atomic E-state index is 13.4. The minimum absolute atomic E-state index is 0.110. The molecule has 0 unspecified atom stereocenters. The highest BCUT2D eigenvalue weighted by Gasteiger charge is 2.57. The standard InChI is InChI=1S/C33H46ClNO9/c1-18-15-19(2)33-17-23(30(44-33)29(20(3)21(4)36)43-31(38)25-9-8-14-35-25)11-12-24(33)16-26(40-6)32(39)42-28(18)22(5)41-27(37)10-7-13-34/h8-9,11-12,14-15,18,20-24,26,28-30,35-36H,7,10,13,16-17H2,1-6H3/b19-15+/t18-,20-,21+,22-,23-,24-,26+,28+,29-,30-,33+/m1/s1. The van der Waals surface area contributed by atoms with E-state index in [-0.39, 0.29) is 24.2 Å². The summed E-state index contributed by atoms with van der Waals surface area (Å²) < 4.78 is 30.3. The summed E-state index contributed by atoms with van der Waals surface area (Å²) in [6.07, 6.45) is 4.92. The van der Waals surface area contributed by atoms with Crippen LogP contribution >= 0.6 is 11.6 Å². The second-order valence-corrected chi connectivity index (χ2v) is 12.8. The molecular weight excluding hydrogens is 590 g/mol. The number of alkyl halides is 1. The fourth-order valence-electron chi connectivity index (χ4n) is 6.75. The van der Waals surface area contributed by atoms with Gasteiger partial charge in [0.15, 0.2) is 6.10 Å². The number of carbonyl (C=O) groups is 3. The van der Waals surface area contributed by atoms with Gasteiger partial charge in [0.05, 0.1) is 11.7 Å². The van der Waals surface area contributed by atoms with Crippen molar-refractivity contribution in [1.29, 1.82) is 0 Å². The lowest BCUT2D eigenvalue weighted by Crippen LogP contribution is -2.48. The summed E-state index contributed by atoms with van der Waals surface area (Å²) in [5.74, 6) is -2.25. The van der Waals surface area contributed by atoms with E-state index in [1.54, 1.807) is 32.2 Å². The molecule has 244 valence electrons. The minimum Gasteiger partial charge on any atom is -0.459 e. The molecule has 11 atom stereocenters. The first-order valence-electron chi connectivity index (χ1n) is 15.5. The Labute approximate surface area is 264 Å². The number of ether oxygens (including phenoxy) is 5. The molecule has 0 saturated carbocycles. The molecule has 0 amide bonds. The predicted molar refractivity (Wildman–Crippen MR) is 163 cm³/mol. The lowest BCUT2D eigenvalue weighted by Gasteiger charge is -2.42. The van der Waals surface area contributed by atoms with E-state index in [0.29, 0.717) is 30.8 Å². The van der Waals surface area contributed by atoms with Gasteiger partial charge in [-0.25, -0.2) is 9.59 Å². The summed E-state index contributed by atoms with van der Waals surface area (Å²) in [5, 5.41) is 10.6.